The van der Waals surface area contributed by atoms with Crippen LogP contribution in [0.3, 0.4) is 0 Å². The number of fused-ring (bicyclic) bond motifs is 3. The number of hydrogen-bond donors (Lipinski definition) is 0. The van der Waals surface area contributed by atoms with Crippen LogP contribution in [0.2, 0.25) is 0 Å². The molecule has 0 aliphatic heterocycles. The molecule has 1 atom stereocenters. The zero-order valence-electron chi connectivity index (χ0n) is 15.8. The maximum atomic E-state index is 13.5. The molecular formula is C20H22N2O3S3. The molecule has 0 amide bonds. The summed E-state index contributed by atoms with van der Waals surface area (Å²) < 4.78 is 24.7. The molecule has 0 spiro atoms. The fourth-order valence-corrected chi connectivity index (χ4v) is 7.19. The van der Waals surface area contributed by atoms with Crippen LogP contribution < -0.4 is 5.56 Å². The predicted molar refractivity (Wildman–Crippen MR) is 117 cm³/mol. The van der Waals surface area contributed by atoms with Crippen molar-refractivity contribution in [3.05, 3.63) is 51.1 Å². The third kappa shape index (κ3) is 3.90. The van der Waals surface area contributed by atoms with E-state index in [0.29, 0.717) is 16.8 Å². The van der Waals surface area contributed by atoms with Gasteiger partial charge in [0.1, 0.15) is 14.7 Å². The topological polar surface area (TPSA) is 69.0 Å². The number of hydrogen-bond acceptors (Lipinski definition) is 6. The summed E-state index contributed by atoms with van der Waals surface area (Å²) >= 11 is 2.94. The van der Waals surface area contributed by atoms with E-state index in [9.17, 15) is 13.2 Å². The van der Waals surface area contributed by atoms with E-state index in [4.69, 9.17) is 4.98 Å². The first-order chi connectivity index (χ1) is 13.3. The zero-order valence-corrected chi connectivity index (χ0v) is 18.3. The second-order valence-electron chi connectivity index (χ2n) is 7.38. The molecule has 0 saturated heterocycles. The van der Waals surface area contributed by atoms with Crippen molar-refractivity contribution in [3.8, 4) is 5.69 Å². The lowest BCUT2D eigenvalue weighted by Gasteiger charge is -2.17. The van der Waals surface area contributed by atoms with Crippen molar-refractivity contribution in [1.29, 1.82) is 0 Å². The molecule has 148 valence electrons. The summed E-state index contributed by atoms with van der Waals surface area (Å²) in [4.78, 5) is 20.4. The predicted octanol–water partition coefficient (Wildman–Crippen LogP) is 3.71. The Hall–Kier alpha value is -1.64. The second-order valence-corrected chi connectivity index (χ2v) is 11.8. The molecule has 2 aromatic heterocycles. The molecule has 4 rings (SSSR count). The molecule has 3 aromatic rings. The number of aryl methyl sites for hydroxylation is 1. The normalized spacial score (nSPS) is 17.0. The first-order valence-electron chi connectivity index (χ1n) is 9.27. The monoisotopic (exact) mass is 434 g/mol. The highest BCUT2D eigenvalue weighted by Crippen LogP contribution is 2.36. The molecule has 0 N–H and O–H groups in total. The number of thiophene rings is 1. The van der Waals surface area contributed by atoms with Gasteiger partial charge in [-0.15, -0.1) is 11.3 Å². The van der Waals surface area contributed by atoms with Crippen molar-refractivity contribution in [3.63, 3.8) is 0 Å². The third-order valence-corrected chi connectivity index (χ3v) is 8.29. The van der Waals surface area contributed by atoms with Gasteiger partial charge in [-0.2, -0.15) is 0 Å². The highest BCUT2D eigenvalue weighted by molar-refractivity contribution is 8.00. The van der Waals surface area contributed by atoms with Crippen LogP contribution in [0.5, 0.6) is 0 Å². The van der Waals surface area contributed by atoms with Gasteiger partial charge in [0.15, 0.2) is 5.16 Å². The van der Waals surface area contributed by atoms with Crippen molar-refractivity contribution in [2.45, 2.75) is 31.3 Å². The third-order valence-electron chi connectivity index (χ3n) is 5.00. The lowest BCUT2D eigenvalue weighted by Crippen LogP contribution is -2.23. The molecule has 1 aliphatic carbocycles. The van der Waals surface area contributed by atoms with E-state index in [2.05, 4.69) is 6.92 Å². The lowest BCUT2D eigenvalue weighted by molar-refractivity contribution is 0.509. The summed E-state index contributed by atoms with van der Waals surface area (Å²) in [6, 6.07) is 9.46. The number of rotatable bonds is 5. The Balaban J connectivity index is 1.88. The summed E-state index contributed by atoms with van der Waals surface area (Å²) in [5, 5.41) is 1.29. The minimum Gasteiger partial charge on any atom is -0.268 e. The minimum absolute atomic E-state index is 0.0508. The number of benzene rings is 1. The van der Waals surface area contributed by atoms with E-state index >= 15 is 0 Å². The summed E-state index contributed by atoms with van der Waals surface area (Å²) in [7, 11) is -3.07. The van der Waals surface area contributed by atoms with Crippen molar-refractivity contribution in [1.82, 2.24) is 9.55 Å². The van der Waals surface area contributed by atoms with Gasteiger partial charge in [0.2, 0.25) is 0 Å². The number of aromatic nitrogens is 2. The molecule has 1 unspecified atom stereocenters. The summed E-state index contributed by atoms with van der Waals surface area (Å²) in [6.07, 6.45) is 4.23. The van der Waals surface area contributed by atoms with Crippen molar-refractivity contribution >= 4 is 43.2 Å². The smallest absolute Gasteiger partial charge is 0.267 e. The fourth-order valence-electron chi connectivity index (χ4n) is 3.56. The lowest BCUT2D eigenvalue weighted by atomic mass is 9.89. The summed E-state index contributed by atoms with van der Waals surface area (Å²) in [6.45, 7) is 2.25. The number of para-hydroxylation sites is 1. The van der Waals surface area contributed by atoms with Crippen LogP contribution >= 0.6 is 23.1 Å². The molecular weight excluding hydrogens is 412 g/mol. The van der Waals surface area contributed by atoms with Gasteiger partial charge in [-0.25, -0.2) is 13.4 Å². The SMILES string of the molecule is CC1CCc2c(sc3nc(SCCS(C)(=O)=O)n(-c4ccccc4)c(=O)c23)C1. The first kappa shape index (κ1) is 19.7. The fraction of sp³-hybridized carbons (Fsp3) is 0.400. The van der Waals surface area contributed by atoms with E-state index < -0.39 is 9.84 Å². The summed E-state index contributed by atoms with van der Waals surface area (Å²) in [5.74, 6) is 1.05. The first-order valence-corrected chi connectivity index (χ1v) is 13.1. The van der Waals surface area contributed by atoms with Crippen LogP contribution in [0.4, 0.5) is 0 Å². The molecule has 2 heterocycles. The Morgan fingerprint density at radius 3 is 2.75 bits per heavy atom. The van der Waals surface area contributed by atoms with Gasteiger partial charge in [-0.3, -0.25) is 9.36 Å². The average molecular weight is 435 g/mol. The molecule has 0 fully saturated rings. The maximum absolute atomic E-state index is 13.5. The molecule has 5 nitrogen and oxygen atoms in total. The molecule has 8 heteroatoms. The van der Waals surface area contributed by atoms with Gasteiger partial charge >= 0.3 is 0 Å². The summed E-state index contributed by atoms with van der Waals surface area (Å²) in [5.41, 5.74) is 1.87. The Morgan fingerprint density at radius 1 is 1.29 bits per heavy atom. The number of thioether (sulfide) groups is 1. The molecule has 1 aromatic carbocycles. The van der Waals surface area contributed by atoms with E-state index in [1.807, 2.05) is 30.3 Å². The number of sulfone groups is 1. The Labute approximate surface area is 172 Å². The maximum Gasteiger partial charge on any atom is 0.267 e. The van der Waals surface area contributed by atoms with Gasteiger partial charge in [0.25, 0.3) is 5.56 Å². The highest BCUT2D eigenvalue weighted by atomic mass is 32.2. The van der Waals surface area contributed by atoms with Crippen molar-refractivity contribution in [2.75, 3.05) is 17.8 Å². The van der Waals surface area contributed by atoms with E-state index in [1.54, 1.807) is 15.9 Å². The van der Waals surface area contributed by atoms with Crippen molar-refractivity contribution < 1.29 is 8.42 Å². The van der Waals surface area contributed by atoms with E-state index in [-0.39, 0.29) is 11.3 Å². The van der Waals surface area contributed by atoms with Gasteiger partial charge in [-0.05, 0) is 42.9 Å². The number of nitrogens with zero attached hydrogens (tertiary/aromatic N) is 2. The second kappa shape index (κ2) is 7.65. The van der Waals surface area contributed by atoms with Crippen LogP contribution in [0, 0.1) is 5.92 Å². The van der Waals surface area contributed by atoms with Crippen LogP contribution in [0.1, 0.15) is 23.8 Å². The zero-order chi connectivity index (χ0) is 19.9. The van der Waals surface area contributed by atoms with Gasteiger partial charge in [0, 0.05) is 16.9 Å². The Kier molecular flexibility index (Phi) is 5.37. The van der Waals surface area contributed by atoms with E-state index in [0.717, 1.165) is 40.7 Å². The van der Waals surface area contributed by atoms with Crippen molar-refractivity contribution in [2.24, 2.45) is 5.92 Å². The standard InChI is InChI=1S/C20H22N2O3S3/c1-13-8-9-15-16(12-13)27-18-17(15)19(23)22(14-6-4-3-5-7-14)20(21-18)26-10-11-28(2,24)25/h3-7,13H,8-12H2,1-2H3. The molecule has 0 saturated carbocycles. The van der Waals surface area contributed by atoms with Gasteiger partial charge < -0.3 is 0 Å². The van der Waals surface area contributed by atoms with Crippen LogP contribution in [0.15, 0.2) is 40.3 Å². The quantitative estimate of drug-likeness (QED) is 0.452. The van der Waals surface area contributed by atoms with E-state index in [1.165, 1.54) is 22.9 Å². The van der Waals surface area contributed by atoms with Gasteiger partial charge in [0.05, 0.1) is 16.8 Å². The molecule has 1 aliphatic rings. The molecule has 28 heavy (non-hydrogen) atoms. The van der Waals surface area contributed by atoms with Crippen LogP contribution in [-0.2, 0) is 22.7 Å². The minimum atomic E-state index is -3.07. The Bertz CT molecular complexity index is 1180. The highest BCUT2D eigenvalue weighted by Gasteiger charge is 2.25. The van der Waals surface area contributed by atoms with Gasteiger partial charge in [-0.1, -0.05) is 36.9 Å². The Morgan fingerprint density at radius 2 is 2.04 bits per heavy atom. The molecule has 0 radical (unpaired) electrons. The van der Waals surface area contributed by atoms with Crippen LogP contribution in [-0.4, -0.2) is 35.7 Å². The van der Waals surface area contributed by atoms with Crippen LogP contribution in [0.25, 0.3) is 15.9 Å². The largest absolute Gasteiger partial charge is 0.268 e. The average Bonchev–Trinajstić information content (AvgIpc) is 2.99. The molecule has 0 bridgehead atoms.